The summed E-state index contributed by atoms with van der Waals surface area (Å²) in [6.07, 6.45) is 10.1. The molecule has 0 amide bonds. The molecule has 7 rings (SSSR count). The summed E-state index contributed by atoms with van der Waals surface area (Å²) in [4.78, 5) is 68.8. The first-order valence-corrected chi connectivity index (χ1v) is 23.0. The minimum Gasteiger partial charge on any atom is -0.454 e. The number of aliphatic imine (C=N–C) groups is 2. The van der Waals surface area contributed by atoms with Crippen LogP contribution in [-0.2, 0) is 35.8 Å². The maximum atomic E-state index is 14.1. The third-order valence-corrected chi connectivity index (χ3v) is 13.1. The van der Waals surface area contributed by atoms with Gasteiger partial charge in [-0.05, 0) is 80.9 Å². The first-order chi connectivity index (χ1) is 32.3. The van der Waals surface area contributed by atoms with E-state index in [4.69, 9.17) is 32.7 Å². The Hall–Kier alpha value is -6.93. The molecule has 0 spiro atoms. The summed E-state index contributed by atoms with van der Waals surface area (Å²) < 4.78 is 29.2. The number of non-ortho nitro benzene ring substituents is 2. The number of alkyl halides is 1. The van der Waals surface area contributed by atoms with E-state index in [0.717, 1.165) is 45.0 Å². The highest BCUT2D eigenvalue weighted by Gasteiger charge is 2.27. The van der Waals surface area contributed by atoms with Gasteiger partial charge in [-0.2, -0.15) is 0 Å². The molecule has 21 heteroatoms. The van der Waals surface area contributed by atoms with E-state index in [0.29, 0.717) is 49.8 Å². The molecule has 0 bridgehead atoms. The van der Waals surface area contributed by atoms with Crippen LogP contribution in [0.3, 0.4) is 0 Å². The van der Waals surface area contributed by atoms with Crippen LogP contribution in [0, 0.1) is 27.2 Å². The van der Waals surface area contributed by atoms with Gasteiger partial charge in [-0.1, -0.05) is 56.9 Å². The molecule has 0 N–H and O–H groups in total. The molecule has 6 aromatic rings. The van der Waals surface area contributed by atoms with Crippen molar-refractivity contribution in [3.63, 3.8) is 0 Å². The van der Waals surface area contributed by atoms with Gasteiger partial charge in [0, 0.05) is 61.5 Å². The van der Waals surface area contributed by atoms with E-state index >= 15 is 0 Å². The number of halogens is 3. The van der Waals surface area contributed by atoms with Crippen LogP contribution in [0.2, 0.25) is 10.0 Å². The lowest BCUT2D eigenvalue weighted by molar-refractivity contribution is -0.385. The number of benzene rings is 4. The number of nitro groups is 2. The standard InChI is InChI=1S/C46H37Cl2FN8O8S2/c1-4-6-15-50-21-33-22-51-42(54(33)38-11-7-29(47)16-27(38)3)25-64-45(58)36-18-31(56(60)61)9-13-40(36)66-67-41-14-10-32(57(62)63)19-37(41)46(59)65-26-43-52-23-34-24-53-44(28(5-2)20-49)35-17-30(48)8-12-39(35)55(34)43/h4-19,22-23H,20-21,24-26H2,1-3H3/b6-4+,28-5+,50-15?. The molecule has 4 aromatic carbocycles. The Morgan fingerprint density at radius 1 is 0.821 bits per heavy atom. The fraction of sp³-hybridized carbons (Fsp3) is 0.174. The quantitative estimate of drug-likeness (QED) is 0.0276. The first-order valence-electron chi connectivity index (χ1n) is 20.1. The highest BCUT2D eigenvalue weighted by Crippen LogP contribution is 2.43. The van der Waals surface area contributed by atoms with Gasteiger partial charge in [0.25, 0.3) is 11.4 Å². The summed E-state index contributed by atoms with van der Waals surface area (Å²) in [6.45, 7) is 4.35. The summed E-state index contributed by atoms with van der Waals surface area (Å²) in [5.41, 5.74) is 3.65. The van der Waals surface area contributed by atoms with Crippen LogP contribution in [0.1, 0.15) is 68.7 Å². The molecule has 2 aromatic heterocycles. The average Bonchev–Trinajstić information content (AvgIpc) is 3.88. The van der Waals surface area contributed by atoms with Gasteiger partial charge >= 0.3 is 11.9 Å². The number of imidazole rings is 2. The summed E-state index contributed by atoms with van der Waals surface area (Å²) >= 11 is 12.6. The lowest BCUT2D eigenvalue weighted by Crippen LogP contribution is -2.13. The zero-order valence-corrected chi connectivity index (χ0v) is 38.9. The minimum absolute atomic E-state index is 0.127. The van der Waals surface area contributed by atoms with Crippen molar-refractivity contribution in [3.8, 4) is 11.4 Å². The Labute approximate surface area is 400 Å². The van der Waals surface area contributed by atoms with Crippen molar-refractivity contribution in [3.05, 3.63) is 185 Å². The number of fused-ring (bicyclic) bond motifs is 3. The van der Waals surface area contributed by atoms with Crippen molar-refractivity contribution in [2.45, 2.75) is 56.9 Å². The molecule has 342 valence electrons. The van der Waals surface area contributed by atoms with E-state index in [9.17, 15) is 34.2 Å². The third kappa shape index (κ3) is 10.9. The molecule has 0 radical (unpaired) electrons. The van der Waals surface area contributed by atoms with E-state index in [2.05, 4.69) is 20.0 Å². The SMILES string of the molecule is C/C=C(\CF)C1=NCc2cnc(COC(=O)c3cc([N+](=O)[O-])ccc3SSc3ccc([N+](=O)[O-])cc3C(=O)OCc3ncc(CN=C/C=C/C)n3-c3ccc(Cl)cc3C)n2-c2ccc(Cl)cc21. The van der Waals surface area contributed by atoms with Crippen molar-refractivity contribution < 1.29 is 33.3 Å². The molecule has 1 aliphatic rings. The number of carbonyl (C=O) groups excluding carboxylic acids is 2. The molecular formula is C46H37Cl2FN8O8S2. The van der Waals surface area contributed by atoms with E-state index in [1.165, 1.54) is 24.3 Å². The van der Waals surface area contributed by atoms with E-state index in [-0.39, 0.29) is 58.7 Å². The second kappa shape index (κ2) is 21.6. The van der Waals surface area contributed by atoms with E-state index in [1.54, 1.807) is 83.2 Å². The average molecular weight is 984 g/mol. The molecule has 3 heterocycles. The molecule has 0 atom stereocenters. The van der Waals surface area contributed by atoms with Crippen molar-refractivity contribution in [1.29, 1.82) is 0 Å². The summed E-state index contributed by atoms with van der Waals surface area (Å²) in [7, 11) is 1.92. The van der Waals surface area contributed by atoms with Crippen LogP contribution in [0.15, 0.2) is 129 Å². The molecule has 1 aliphatic heterocycles. The van der Waals surface area contributed by atoms with Gasteiger partial charge in [0.1, 0.15) is 19.9 Å². The number of aromatic nitrogens is 4. The second-order valence-corrected chi connectivity index (χ2v) is 17.5. The number of ether oxygens (including phenoxy) is 2. The predicted molar refractivity (Wildman–Crippen MR) is 255 cm³/mol. The lowest BCUT2D eigenvalue weighted by atomic mass is 10.0. The van der Waals surface area contributed by atoms with Gasteiger partial charge < -0.3 is 9.47 Å². The Balaban J connectivity index is 1.13. The van der Waals surface area contributed by atoms with Gasteiger partial charge in [0.2, 0.25) is 0 Å². The number of allylic oxidation sites excluding steroid dienone is 4. The van der Waals surface area contributed by atoms with E-state index in [1.807, 2.05) is 19.9 Å². The molecule has 0 saturated heterocycles. The van der Waals surface area contributed by atoms with Crippen LogP contribution in [0.5, 0.6) is 0 Å². The molecular weight excluding hydrogens is 947 g/mol. The number of rotatable bonds is 17. The Morgan fingerprint density at radius 3 is 1.97 bits per heavy atom. The first kappa shape index (κ1) is 48.0. The molecule has 67 heavy (non-hydrogen) atoms. The molecule has 0 unspecified atom stereocenters. The maximum absolute atomic E-state index is 14.1. The number of hydrogen-bond donors (Lipinski definition) is 0. The van der Waals surface area contributed by atoms with Gasteiger partial charge in [0.15, 0.2) is 11.6 Å². The molecule has 0 saturated carbocycles. The molecule has 0 fully saturated rings. The Bertz CT molecular complexity index is 3060. The molecule has 0 aliphatic carbocycles. The summed E-state index contributed by atoms with van der Waals surface area (Å²) in [5, 5.41) is 24.7. The monoisotopic (exact) mass is 982 g/mol. The zero-order valence-electron chi connectivity index (χ0n) is 35.7. The van der Waals surface area contributed by atoms with Crippen LogP contribution >= 0.6 is 44.8 Å². The number of aryl methyl sites for hydroxylation is 1. The van der Waals surface area contributed by atoms with Crippen LogP contribution in [0.25, 0.3) is 11.4 Å². The Morgan fingerprint density at radius 2 is 1.40 bits per heavy atom. The van der Waals surface area contributed by atoms with Crippen LogP contribution in [-0.4, -0.2) is 59.5 Å². The van der Waals surface area contributed by atoms with Gasteiger partial charge in [-0.3, -0.25) is 39.3 Å². The topological polar surface area (TPSA) is 199 Å². The fourth-order valence-corrected chi connectivity index (χ4v) is 9.66. The van der Waals surface area contributed by atoms with Crippen molar-refractivity contribution >= 4 is 80.0 Å². The number of hydrogen-bond acceptors (Lipinski definition) is 14. The van der Waals surface area contributed by atoms with Gasteiger partial charge in [0.05, 0.1) is 74.9 Å². The minimum atomic E-state index is -0.929. The van der Waals surface area contributed by atoms with Crippen molar-refractivity contribution in [2.24, 2.45) is 9.98 Å². The number of nitro benzene ring substituents is 2. The third-order valence-electron chi connectivity index (χ3n) is 10.2. The van der Waals surface area contributed by atoms with Gasteiger partial charge in [-0.25, -0.2) is 23.9 Å². The number of esters is 2. The lowest BCUT2D eigenvalue weighted by Gasteiger charge is -2.16. The van der Waals surface area contributed by atoms with E-state index < -0.39 is 34.1 Å². The highest BCUT2D eigenvalue weighted by molar-refractivity contribution is 8.76. The number of carbonyl (C=O) groups is 2. The largest absolute Gasteiger partial charge is 0.454 e. The fourth-order valence-electron chi connectivity index (χ4n) is 6.96. The normalized spacial score (nSPS) is 12.4. The summed E-state index contributed by atoms with van der Waals surface area (Å²) in [6, 6.07) is 17.7. The van der Waals surface area contributed by atoms with Gasteiger partial charge in [-0.15, -0.1) is 0 Å². The van der Waals surface area contributed by atoms with Crippen LogP contribution in [0.4, 0.5) is 15.8 Å². The smallest absolute Gasteiger partial charge is 0.340 e. The highest BCUT2D eigenvalue weighted by atomic mass is 35.5. The van der Waals surface area contributed by atoms with Crippen molar-refractivity contribution in [2.75, 3.05) is 6.67 Å². The van der Waals surface area contributed by atoms with Crippen molar-refractivity contribution in [1.82, 2.24) is 19.1 Å². The Kier molecular flexibility index (Phi) is 15.5. The number of nitrogens with zero attached hydrogens (tertiary/aromatic N) is 8. The zero-order chi connectivity index (χ0) is 47.8. The second-order valence-electron chi connectivity index (χ2n) is 14.4. The predicted octanol–water partition coefficient (Wildman–Crippen LogP) is 11.4. The van der Waals surface area contributed by atoms with Crippen LogP contribution < -0.4 is 0 Å². The maximum Gasteiger partial charge on any atom is 0.340 e. The summed E-state index contributed by atoms with van der Waals surface area (Å²) in [5.74, 6) is -1.21. The molecule has 16 nitrogen and oxygen atoms in total.